The normalized spacial score (nSPS) is 18.0. The molecule has 0 aromatic heterocycles. The van der Waals surface area contributed by atoms with Gasteiger partial charge in [0.1, 0.15) is 6.04 Å². The Kier molecular flexibility index (Phi) is 2.90. The summed E-state index contributed by atoms with van der Waals surface area (Å²) in [5, 5.41) is 8.66. The number of aliphatic carboxylic acids is 1. The molecule has 1 aliphatic rings. The number of hydrogen-bond donors (Lipinski definition) is 1. The smallest absolute Gasteiger partial charge is 0.326 e. The standard InChI is InChI=1S/C9H15NO3/c1-6(9(12)13)10(2)8(11)5-7-3-4-7/h6-7H,3-5H2,1-2H3,(H,12,13). The molecule has 0 aromatic carbocycles. The maximum absolute atomic E-state index is 11.4. The fourth-order valence-corrected chi connectivity index (χ4v) is 1.09. The van der Waals surface area contributed by atoms with Crippen molar-refractivity contribution >= 4 is 11.9 Å². The minimum Gasteiger partial charge on any atom is -0.480 e. The van der Waals surface area contributed by atoms with Crippen molar-refractivity contribution in [3.63, 3.8) is 0 Å². The lowest BCUT2D eigenvalue weighted by Gasteiger charge is -2.21. The Balaban J connectivity index is 2.39. The van der Waals surface area contributed by atoms with Crippen LogP contribution in [0.15, 0.2) is 0 Å². The predicted octanol–water partition coefficient (Wildman–Crippen LogP) is 0.718. The van der Waals surface area contributed by atoms with Crippen molar-refractivity contribution in [3.05, 3.63) is 0 Å². The second-order valence-electron chi connectivity index (χ2n) is 3.67. The van der Waals surface area contributed by atoms with Crippen molar-refractivity contribution in [2.24, 2.45) is 5.92 Å². The van der Waals surface area contributed by atoms with Gasteiger partial charge in [-0.2, -0.15) is 0 Å². The number of nitrogens with zero attached hydrogens (tertiary/aromatic N) is 1. The van der Waals surface area contributed by atoms with Gasteiger partial charge in [0, 0.05) is 13.5 Å². The first-order valence-corrected chi connectivity index (χ1v) is 4.51. The molecule has 0 bridgehead atoms. The lowest BCUT2D eigenvalue weighted by molar-refractivity contribution is -0.148. The summed E-state index contributed by atoms with van der Waals surface area (Å²) >= 11 is 0. The number of rotatable bonds is 4. The summed E-state index contributed by atoms with van der Waals surface area (Å²) in [6, 6.07) is -0.716. The number of hydrogen-bond acceptors (Lipinski definition) is 2. The van der Waals surface area contributed by atoms with Crippen LogP contribution in [0.3, 0.4) is 0 Å². The van der Waals surface area contributed by atoms with Crippen LogP contribution in [0, 0.1) is 5.92 Å². The van der Waals surface area contributed by atoms with Crippen molar-refractivity contribution in [3.8, 4) is 0 Å². The average molecular weight is 185 g/mol. The van der Waals surface area contributed by atoms with E-state index in [2.05, 4.69) is 0 Å². The SMILES string of the molecule is CC(C(=O)O)N(C)C(=O)CC1CC1. The van der Waals surface area contributed by atoms with Gasteiger partial charge in [0.2, 0.25) is 5.91 Å². The van der Waals surface area contributed by atoms with E-state index in [0.717, 1.165) is 12.8 Å². The Morgan fingerprint density at radius 3 is 2.46 bits per heavy atom. The Bertz CT molecular complexity index is 223. The van der Waals surface area contributed by atoms with E-state index in [0.29, 0.717) is 12.3 Å². The van der Waals surface area contributed by atoms with Gasteiger partial charge in [-0.3, -0.25) is 4.79 Å². The Labute approximate surface area is 77.5 Å². The van der Waals surface area contributed by atoms with Gasteiger partial charge in [0.25, 0.3) is 0 Å². The molecule has 0 heterocycles. The van der Waals surface area contributed by atoms with Gasteiger partial charge < -0.3 is 10.0 Å². The highest BCUT2D eigenvalue weighted by atomic mass is 16.4. The molecule has 0 spiro atoms. The monoisotopic (exact) mass is 185 g/mol. The number of carboxylic acid groups (broad SMARTS) is 1. The van der Waals surface area contributed by atoms with Crippen molar-refractivity contribution in [1.82, 2.24) is 4.90 Å². The molecule has 1 amide bonds. The van der Waals surface area contributed by atoms with Crippen molar-refractivity contribution in [2.45, 2.75) is 32.2 Å². The third-order valence-electron chi connectivity index (χ3n) is 2.49. The molecular formula is C9H15NO3. The second kappa shape index (κ2) is 3.77. The topological polar surface area (TPSA) is 57.6 Å². The number of amides is 1. The molecule has 13 heavy (non-hydrogen) atoms. The maximum atomic E-state index is 11.4. The molecule has 1 atom stereocenters. The lowest BCUT2D eigenvalue weighted by Crippen LogP contribution is -2.40. The fraction of sp³-hybridized carbons (Fsp3) is 0.778. The molecule has 0 aliphatic heterocycles. The van der Waals surface area contributed by atoms with E-state index in [1.54, 1.807) is 7.05 Å². The van der Waals surface area contributed by atoms with Crippen LogP contribution >= 0.6 is 0 Å². The molecular weight excluding hydrogens is 170 g/mol. The number of likely N-dealkylation sites (N-methyl/N-ethyl adjacent to an activating group) is 1. The first-order valence-electron chi connectivity index (χ1n) is 4.51. The van der Waals surface area contributed by atoms with E-state index in [4.69, 9.17) is 5.11 Å². The summed E-state index contributed by atoms with van der Waals surface area (Å²) in [5.41, 5.74) is 0. The van der Waals surface area contributed by atoms with Crippen LogP contribution in [0.1, 0.15) is 26.2 Å². The number of carboxylic acids is 1. The van der Waals surface area contributed by atoms with Crippen LogP contribution in [-0.2, 0) is 9.59 Å². The molecule has 1 fully saturated rings. The summed E-state index contributed by atoms with van der Waals surface area (Å²) in [4.78, 5) is 23.3. The van der Waals surface area contributed by atoms with E-state index in [9.17, 15) is 9.59 Å². The number of carbonyl (C=O) groups is 2. The largest absolute Gasteiger partial charge is 0.480 e. The predicted molar refractivity (Wildman–Crippen MR) is 47.2 cm³/mol. The van der Waals surface area contributed by atoms with Gasteiger partial charge in [-0.05, 0) is 25.7 Å². The lowest BCUT2D eigenvalue weighted by atomic mass is 10.2. The molecule has 4 heteroatoms. The Morgan fingerprint density at radius 2 is 2.08 bits per heavy atom. The molecule has 1 N–H and O–H groups in total. The van der Waals surface area contributed by atoms with Crippen LogP contribution in [0.25, 0.3) is 0 Å². The fourth-order valence-electron chi connectivity index (χ4n) is 1.09. The molecule has 0 aromatic rings. The van der Waals surface area contributed by atoms with Crippen molar-refractivity contribution in [1.29, 1.82) is 0 Å². The van der Waals surface area contributed by atoms with Gasteiger partial charge in [-0.1, -0.05) is 0 Å². The summed E-state index contributed by atoms with van der Waals surface area (Å²) in [7, 11) is 1.55. The van der Waals surface area contributed by atoms with Crippen LogP contribution in [0.4, 0.5) is 0 Å². The summed E-state index contributed by atoms with van der Waals surface area (Å²) in [5.74, 6) is -0.500. The van der Waals surface area contributed by atoms with Crippen LogP contribution in [-0.4, -0.2) is 35.0 Å². The Hall–Kier alpha value is -1.06. The molecule has 1 unspecified atom stereocenters. The van der Waals surface area contributed by atoms with Gasteiger partial charge in [0.15, 0.2) is 0 Å². The molecule has 1 rings (SSSR count). The van der Waals surface area contributed by atoms with Crippen molar-refractivity contribution < 1.29 is 14.7 Å². The minimum atomic E-state index is -0.952. The second-order valence-corrected chi connectivity index (χ2v) is 3.67. The van der Waals surface area contributed by atoms with Gasteiger partial charge in [-0.25, -0.2) is 4.79 Å². The first-order chi connectivity index (χ1) is 6.02. The van der Waals surface area contributed by atoms with E-state index in [1.165, 1.54) is 11.8 Å². The highest BCUT2D eigenvalue weighted by molar-refractivity contribution is 5.83. The maximum Gasteiger partial charge on any atom is 0.326 e. The first kappa shape index (κ1) is 10.0. The van der Waals surface area contributed by atoms with E-state index < -0.39 is 12.0 Å². The van der Waals surface area contributed by atoms with E-state index >= 15 is 0 Å². The van der Waals surface area contributed by atoms with E-state index in [-0.39, 0.29) is 5.91 Å². The summed E-state index contributed by atoms with van der Waals surface area (Å²) in [6.07, 6.45) is 2.73. The Morgan fingerprint density at radius 1 is 1.54 bits per heavy atom. The van der Waals surface area contributed by atoms with Crippen molar-refractivity contribution in [2.75, 3.05) is 7.05 Å². The zero-order chi connectivity index (χ0) is 10.0. The molecule has 4 nitrogen and oxygen atoms in total. The van der Waals surface area contributed by atoms with Gasteiger partial charge >= 0.3 is 5.97 Å². The quantitative estimate of drug-likeness (QED) is 0.702. The zero-order valence-corrected chi connectivity index (χ0v) is 7.99. The minimum absolute atomic E-state index is 0.0580. The molecule has 0 radical (unpaired) electrons. The summed E-state index contributed by atoms with van der Waals surface area (Å²) in [6.45, 7) is 1.52. The van der Waals surface area contributed by atoms with Crippen LogP contribution in [0.2, 0.25) is 0 Å². The number of carbonyl (C=O) groups excluding carboxylic acids is 1. The molecule has 1 saturated carbocycles. The van der Waals surface area contributed by atoms with Gasteiger partial charge in [0.05, 0.1) is 0 Å². The zero-order valence-electron chi connectivity index (χ0n) is 7.99. The van der Waals surface area contributed by atoms with Gasteiger partial charge in [-0.15, -0.1) is 0 Å². The average Bonchev–Trinajstić information content (AvgIpc) is 2.85. The molecule has 0 saturated heterocycles. The third kappa shape index (κ3) is 2.72. The third-order valence-corrected chi connectivity index (χ3v) is 2.49. The van der Waals surface area contributed by atoms with Crippen LogP contribution < -0.4 is 0 Å². The molecule has 74 valence electrons. The highest BCUT2D eigenvalue weighted by Gasteiger charge is 2.28. The van der Waals surface area contributed by atoms with E-state index in [1.807, 2.05) is 0 Å². The highest BCUT2D eigenvalue weighted by Crippen LogP contribution is 2.32. The molecule has 1 aliphatic carbocycles. The summed E-state index contributed by atoms with van der Waals surface area (Å²) < 4.78 is 0. The van der Waals surface area contributed by atoms with Crippen LogP contribution in [0.5, 0.6) is 0 Å².